The molecule has 2 fully saturated rings. The Hall–Kier alpha value is -2.31. The van der Waals surface area contributed by atoms with Gasteiger partial charge in [-0.25, -0.2) is 0 Å². The molecule has 1 saturated carbocycles. The molecule has 4 rings (SSSR count). The van der Waals surface area contributed by atoms with Crippen molar-refractivity contribution in [1.29, 1.82) is 0 Å². The molecular weight excluding hydrogens is 346 g/mol. The van der Waals surface area contributed by atoms with E-state index in [2.05, 4.69) is 5.32 Å². The lowest BCUT2D eigenvalue weighted by atomic mass is 10.1. The zero-order valence-corrected chi connectivity index (χ0v) is 15.5. The predicted molar refractivity (Wildman–Crippen MR) is 99.9 cm³/mol. The molecule has 1 aliphatic carbocycles. The maximum Gasteiger partial charge on any atom is 0.287 e. The topological polar surface area (TPSA) is 69.9 Å². The summed E-state index contributed by atoms with van der Waals surface area (Å²) in [4.78, 5) is 12.6. The molecule has 1 N–H and O–H groups in total. The molecule has 27 heavy (non-hydrogen) atoms. The minimum Gasteiger partial charge on any atom is -0.497 e. The number of nitrogens with one attached hydrogen (secondary N) is 1. The van der Waals surface area contributed by atoms with E-state index in [0.29, 0.717) is 24.9 Å². The maximum atomic E-state index is 12.6. The molecule has 1 amide bonds. The van der Waals surface area contributed by atoms with Crippen LogP contribution < -0.4 is 10.1 Å². The Morgan fingerprint density at radius 3 is 2.70 bits per heavy atom. The minimum absolute atomic E-state index is 0.000629. The molecule has 1 aliphatic heterocycles. The normalized spacial score (nSPS) is 22.4. The summed E-state index contributed by atoms with van der Waals surface area (Å²) in [5, 5.41) is 3.01. The Morgan fingerprint density at radius 1 is 1.15 bits per heavy atom. The van der Waals surface area contributed by atoms with Gasteiger partial charge in [0.2, 0.25) is 0 Å². The average molecular weight is 371 g/mol. The number of furan rings is 1. The fourth-order valence-corrected chi connectivity index (χ4v) is 3.21. The molecular formula is C21H25NO5. The van der Waals surface area contributed by atoms with Crippen molar-refractivity contribution < 1.29 is 23.4 Å². The van der Waals surface area contributed by atoms with Gasteiger partial charge < -0.3 is 23.9 Å². The number of amides is 1. The van der Waals surface area contributed by atoms with Crippen LogP contribution in [-0.2, 0) is 9.47 Å². The number of ether oxygens (including phenoxy) is 3. The second kappa shape index (κ2) is 8.15. The van der Waals surface area contributed by atoms with Gasteiger partial charge in [-0.1, -0.05) is 0 Å². The van der Waals surface area contributed by atoms with Gasteiger partial charge in [-0.2, -0.15) is 0 Å². The van der Waals surface area contributed by atoms with Crippen molar-refractivity contribution in [2.75, 3.05) is 26.9 Å². The van der Waals surface area contributed by atoms with Crippen molar-refractivity contribution in [2.45, 2.75) is 31.4 Å². The molecule has 0 spiro atoms. The Morgan fingerprint density at radius 2 is 1.96 bits per heavy atom. The van der Waals surface area contributed by atoms with E-state index in [0.717, 1.165) is 24.3 Å². The first-order valence-electron chi connectivity index (χ1n) is 9.47. The largest absolute Gasteiger partial charge is 0.497 e. The summed E-state index contributed by atoms with van der Waals surface area (Å²) in [6.07, 6.45) is 3.30. The highest BCUT2D eigenvalue weighted by molar-refractivity contribution is 5.92. The lowest BCUT2D eigenvalue weighted by Gasteiger charge is -2.31. The Labute approximate surface area is 158 Å². The summed E-state index contributed by atoms with van der Waals surface area (Å²) in [6, 6.07) is 10.9. The number of rotatable bonds is 7. The predicted octanol–water partition coefficient (Wildman–Crippen LogP) is 3.27. The Kier molecular flexibility index (Phi) is 5.45. The number of benzene rings is 1. The first-order valence-corrected chi connectivity index (χ1v) is 9.47. The van der Waals surface area contributed by atoms with Crippen LogP contribution in [0.1, 0.15) is 29.8 Å². The maximum absolute atomic E-state index is 12.6. The Balaban J connectivity index is 1.38. The summed E-state index contributed by atoms with van der Waals surface area (Å²) in [5.74, 6) is 2.15. The molecule has 1 aromatic heterocycles. The van der Waals surface area contributed by atoms with Crippen LogP contribution in [0.5, 0.6) is 5.75 Å². The third-order valence-electron chi connectivity index (χ3n) is 5.06. The fraction of sp³-hybridized carbons (Fsp3) is 0.476. The number of carbonyl (C=O) groups excluding carboxylic acids is 1. The highest BCUT2D eigenvalue weighted by Gasteiger charge is 2.31. The molecule has 2 aliphatic rings. The summed E-state index contributed by atoms with van der Waals surface area (Å²) in [7, 11) is 1.63. The van der Waals surface area contributed by atoms with Gasteiger partial charge in [0.1, 0.15) is 11.5 Å². The van der Waals surface area contributed by atoms with Crippen LogP contribution in [0.15, 0.2) is 40.8 Å². The van der Waals surface area contributed by atoms with Gasteiger partial charge in [-0.15, -0.1) is 0 Å². The van der Waals surface area contributed by atoms with Crippen LogP contribution in [0.2, 0.25) is 0 Å². The van der Waals surface area contributed by atoms with Gasteiger partial charge in [-0.05, 0) is 61.6 Å². The summed E-state index contributed by atoms with van der Waals surface area (Å²) >= 11 is 0. The molecule has 1 aromatic carbocycles. The highest BCUT2D eigenvalue weighted by atomic mass is 16.5. The van der Waals surface area contributed by atoms with E-state index in [1.54, 1.807) is 19.2 Å². The van der Waals surface area contributed by atoms with Crippen molar-refractivity contribution >= 4 is 5.91 Å². The standard InChI is InChI=1S/C21H25NO5/c1-24-16-6-4-15(5-7-16)18-8-9-20(27-18)21(23)22-17-13-25-11-10-19(17)26-12-14-2-3-14/h4-9,14,17,19H,2-3,10-13H2,1H3,(H,22,23)/t17-,19+/m1/s1. The third-order valence-corrected chi connectivity index (χ3v) is 5.06. The van der Waals surface area contributed by atoms with Crippen LogP contribution in [0.25, 0.3) is 11.3 Å². The minimum atomic E-state index is -0.245. The molecule has 1 saturated heterocycles. The molecule has 0 radical (unpaired) electrons. The first-order chi connectivity index (χ1) is 13.2. The van der Waals surface area contributed by atoms with Gasteiger partial charge >= 0.3 is 0 Å². The van der Waals surface area contributed by atoms with Gasteiger partial charge in [-0.3, -0.25) is 4.79 Å². The molecule has 0 unspecified atom stereocenters. The summed E-state index contributed by atoms with van der Waals surface area (Å²) < 4.78 is 22.5. The van der Waals surface area contributed by atoms with E-state index >= 15 is 0 Å². The lowest BCUT2D eigenvalue weighted by molar-refractivity contribution is -0.0569. The van der Waals surface area contributed by atoms with Crippen LogP contribution >= 0.6 is 0 Å². The molecule has 6 nitrogen and oxygen atoms in total. The van der Waals surface area contributed by atoms with Gasteiger partial charge in [0.25, 0.3) is 5.91 Å². The van der Waals surface area contributed by atoms with E-state index in [1.807, 2.05) is 24.3 Å². The number of methoxy groups -OCH3 is 1. The lowest BCUT2D eigenvalue weighted by Crippen LogP contribution is -2.50. The Bertz CT molecular complexity index is 765. The molecule has 2 aromatic rings. The number of hydrogen-bond acceptors (Lipinski definition) is 5. The van der Waals surface area contributed by atoms with Crippen molar-refractivity contribution in [3.8, 4) is 17.1 Å². The monoisotopic (exact) mass is 371 g/mol. The van der Waals surface area contributed by atoms with Crippen LogP contribution in [0, 0.1) is 5.92 Å². The quantitative estimate of drug-likeness (QED) is 0.809. The van der Waals surface area contributed by atoms with E-state index in [1.165, 1.54) is 12.8 Å². The van der Waals surface area contributed by atoms with Crippen molar-refractivity contribution in [2.24, 2.45) is 5.92 Å². The fourth-order valence-electron chi connectivity index (χ4n) is 3.21. The van der Waals surface area contributed by atoms with E-state index in [-0.39, 0.29) is 23.8 Å². The average Bonchev–Trinajstić information content (AvgIpc) is 3.40. The highest BCUT2D eigenvalue weighted by Crippen LogP contribution is 2.30. The SMILES string of the molecule is COc1ccc(-c2ccc(C(=O)N[C@@H]3COCC[C@@H]3OCC3CC3)o2)cc1. The van der Waals surface area contributed by atoms with E-state index in [4.69, 9.17) is 18.6 Å². The van der Waals surface area contributed by atoms with Crippen LogP contribution in [0.3, 0.4) is 0 Å². The van der Waals surface area contributed by atoms with Gasteiger partial charge in [0, 0.05) is 18.8 Å². The van der Waals surface area contributed by atoms with Gasteiger partial charge in [0.15, 0.2) is 5.76 Å². The summed E-state index contributed by atoms with van der Waals surface area (Å²) in [6.45, 7) is 1.91. The zero-order chi connectivity index (χ0) is 18.6. The number of hydrogen-bond donors (Lipinski definition) is 1. The van der Waals surface area contributed by atoms with Crippen LogP contribution in [0.4, 0.5) is 0 Å². The van der Waals surface area contributed by atoms with Crippen molar-refractivity contribution in [1.82, 2.24) is 5.32 Å². The molecule has 144 valence electrons. The van der Waals surface area contributed by atoms with E-state index < -0.39 is 0 Å². The second-order valence-corrected chi connectivity index (χ2v) is 7.15. The molecule has 2 heterocycles. The van der Waals surface area contributed by atoms with E-state index in [9.17, 15) is 4.79 Å². The number of carbonyl (C=O) groups is 1. The summed E-state index contributed by atoms with van der Waals surface area (Å²) in [5.41, 5.74) is 0.890. The van der Waals surface area contributed by atoms with Gasteiger partial charge in [0.05, 0.1) is 25.9 Å². The first kappa shape index (κ1) is 18.1. The smallest absolute Gasteiger partial charge is 0.287 e. The van der Waals surface area contributed by atoms with Crippen molar-refractivity contribution in [3.05, 3.63) is 42.2 Å². The van der Waals surface area contributed by atoms with Crippen molar-refractivity contribution in [3.63, 3.8) is 0 Å². The molecule has 2 atom stereocenters. The molecule has 6 heteroatoms. The van der Waals surface area contributed by atoms with Crippen LogP contribution in [-0.4, -0.2) is 45.0 Å². The second-order valence-electron chi connectivity index (χ2n) is 7.15. The third kappa shape index (κ3) is 4.51. The molecule has 0 bridgehead atoms. The zero-order valence-electron chi connectivity index (χ0n) is 15.5.